The topological polar surface area (TPSA) is 65.7 Å². The normalized spacial score (nSPS) is 11.3. The van der Waals surface area contributed by atoms with Crippen LogP contribution < -0.4 is 15.0 Å². The summed E-state index contributed by atoms with van der Waals surface area (Å²) in [6.45, 7) is 4.81. The second kappa shape index (κ2) is 12.2. The summed E-state index contributed by atoms with van der Waals surface area (Å²) in [6.07, 6.45) is 4.12. The lowest BCUT2D eigenvalue weighted by Gasteiger charge is -2.14. The summed E-state index contributed by atoms with van der Waals surface area (Å²) in [4.78, 5) is 18.0. The Labute approximate surface area is 223 Å². The summed E-state index contributed by atoms with van der Waals surface area (Å²) in [5.74, 6) is 1.60. The predicted molar refractivity (Wildman–Crippen MR) is 149 cm³/mol. The molecule has 4 rings (SSSR count). The van der Waals surface area contributed by atoms with Crippen LogP contribution in [0.15, 0.2) is 75.0 Å². The van der Waals surface area contributed by atoms with E-state index in [0.717, 1.165) is 22.9 Å². The van der Waals surface area contributed by atoms with Crippen molar-refractivity contribution < 1.29 is 9.47 Å². The van der Waals surface area contributed by atoms with Crippen LogP contribution in [0, 0.1) is 0 Å². The van der Waals surface area contributed by atoms with Gasteiger partial charge in [-0.1, -0.05) is 71.2 Å². The molecule has 0 aliphatic heterocycles. The molecule has 4 aromatic rings. The fourth-order valence-electron chi connectivity index (χ4n) is 3.73. The smallest absolute Gasteiger partial charge is 0.282 e. The zero-order valence-corrected chi connectivity index (χ0v) is 22.6. The van der Waals surface area contributed by atoms with Crippen LogP contribution >= 0.6 is 27.5 Å². The zero-order chi connectivity index (χ0) is 25.5. The van der Waals surface area contributed by atoms with Gasteiger partial charge in [0.25, 0.3) is 5.56 Å². The van der Waals surface area contributed by atoms with Crippen molar-refractivity contribution in [3.63, 3.8) is 0 Å². The molecule has 0 amide bonds. The van der Waals surface area contributed by atoms with Gasteiger partial charge in [-0.3, -0.25) is 4.79 Å². The van der Waals surface area contributed by atoms with Crippen molar-refractivity contribution in [1.82, 2.24) is 9.66 Å². The van der Waals surface area contributed by atoms with Gasteiger partial charge in [-0.15, -0.1) is 0 Å². The SMILES string of the molecule is CCCCc1nc2ccc(Br)cc2c(=O)n1N=Cc1cc(Cl)c(OCc2ccccc2)c(OCC)c1. The number of aryl methyl sites for hydroxylation is 1. The third kappa shape index (κ3) is 6.15. The lowest BCUT2D eigenvalue weighted by molar-refractivity contribution is 0.269. The van der Waals surface area contributed by atoms with E-state index in [9.17, 15) is 4.79 Å². The largest absolute Gasteiger partial charge is 0.490 e. The lowest BCUT2D eigenvalue weighted by atomic mass is 10.2. The van der Waals surface area contributed by atoms with Crippen molar-refractivity contribution in [3.05, 3.63) is 97.5 Å². The van der Waals surface area contributed by atoms with E-state index in [1.165, 1.54) is 4.68 Å². The van der Waals surface area contributed by atoms with Crippen LogP contribution in [0.2, 0.25) is 5.02 Å². The molecule has 0 atom stereocenters. The van der Waals surface area contributed by atoms with Crippen LogP contribution in [0.5, 0.6) is 11.5 Å². The number of halogens is 2. The van der Waals surface area contributed by atoms with Crippen LogP contribution in [0.1, 0.15) is 43.6 Å². The van der Waals surface area contributed by atoms with E-state index in [1.54, 1.807) is 24.4 Å². The van der Waals surface area contributed by atoms with Gasteiger partial charge in [0, 0.05) is 10.9 Å². The fourth-order valence-corrected chi connectivity index (χ4v) is 4.36. The first-order valence-corrected chi connectivity index (χ1v) is 13.1. The average Bonchev–Trinajstić information content (AvgIpc) is 2.87. The van der Waals surface area contributed by atoms with Gasteiger partial charge in [0.05, 0.1) is 28.7 Å². The number of benzene rings is 3. The highest BCUT2D eigenvalue weighted by Gasteiger charge is 2.14. The fraction of sp³-hybridized carbons (Fsp3) is 0.250. The van der Waals surface area contributed by atoms with Crippen molar-refractivity contribution in [2.24, 2.45) is 5.10 Å². The number of hydrogen-bond acceptors (Lipinski definition) is 5. The van der Waals surface area contributed by atoms with E-state index in [0.29, 0.717) is 58.4 Å². The van der Waals surface area contributed by atoms with Gasteiger partial charge < -0.3 is 9.47 Å². The molecule has 0 spiro atoms. The van der Waals surface area contributed by atoms with Crippen molar-refractivity contribution in [3.8, 4) is 11.5 Å². The van der Waals surface area contributed by atoms with Crippen LogP contribution in [0.4, 0.5) is 0 Å². The lowest BCUT2D eigenvalue weighted by Crippen LogP contribution is -2.22. The van der Waals surface area contributed by atoms with Gasteiger partial charge in [-0.05, 0) is 54.8 Å². The number of fused-ring (bicyclic) bond motifs is 1. The molecule has 6 nitrogen and oxygen atoms in total. The second-order valence-electron chi connectivity index (χ2n) is 8.19. The zero-order valence-electron chi connectivity index (χ0n) is 20.2. The molecule has 0 saturated carbocycles. The van der Waals surface area contributed by atoms with Crippen LogP contribution in [-0.2, 0) is 13.0 Å². The predicted octanol–water partition coefficient (Wildman–Crippen LogP) is 7.01. The highest BCUT2D eigenvalue weighted by Crippen LogP contribution is 2.37. The minimum Gasteiger partial charge on any atom is -0.490 e. The molecular weight excluding hydrogens is 542 g/mol. The third-order valence-corrected chi connectivity index (χ3v) is 6.28. The number of rotatable bonds is 10. The highest BCUT2D eigenvalue weighted by atomic mass is 79.9. The molecule has 8 heteroatoms. The summed E-state index contributed by atoms with van der Waals surface area (Å²) >= 11 is 10.0. The summed E-state index contributed by atoms with van der Waals surface area (Å²) in [5.41, 5.74) is 2.14. The van der Waals surface area contributed by atoms with E-state index in [1.807, 2.05) is 49.4 Å². The van der Waals surface area contributed by atoms with Crippen molar-refractivity contribution in [2.45, 2.75) is 39.7 Å². The Balaban J connectivity index is 1.69. The van der Waals surface area contributed by atoms with E-state index < -0.39 is 0 Å². The van der Waals surface area contributed by atoms with E-state index in [2.05, 4.69) is 28.0 Å². The van der Waals surface area contributed by atoms with E-state index in [-0.39, 0.29) is 5.56 Å². The van der Waals surface area contributed by atoms with E-state index in [4.69, 9.17) is 26.1 Å². The summed E-state index contributed by atoms with van der Waals surface area (Å²) in [7, 11) is 0. The number of unbranched alkanes of at least 4 members (excludes halogenated alkanes) is 1. The molecule has 0 N–H and O–H groups in total. The average molecular weight is 569 g/mol. The summed E-state index contributed by atoms with van der Waals surface area (Å²) in [6, 6.07) is 18.9. The number of aromatic nitrogens is 2. The number of ether oxygens (including phenoxy) is 2. The Morgan fingerprint density at radius 2 is 1.89 bits per heavy atom. The first kappa shape index (κ1) is 25.9. The van der Waals surface area contributed by atoms with Gasteiger partial charge >= 0.3 is 0 Å². The minimum absolute atomic E-state index is 0.220. The molecule has 0 fully saturated rings. The number of hydrogen-bond donors (Lipinski definition) is 0. The molecule has 3 aromatic carbocycles. The molecular formula is C28H27BrClN3O3. The molecule has 0 aliphatic rings. The molecule has 0 bridgehead atoms. The Morgan fingerprint density at radius 3 is 2.64 bits per heavy atom. The van der Waals surface area contributed by atoms with Gasteiger partial charge in [-0.2, -0.15) is 9.78 Å². The summed E-state index contributed by atoms with van der Waals surface area (Å²) in [5, 5.41) is 5.42. The van der Waals surface area contributed by atoms with Crippen molar-refractivity contribution in [1.29, 1.82) is 0 Å². The first-order valence-electron chi connectivity index (χ1n) is 11.9. The molecule has 1 heterocycles. The Kier molecular flexibility index (Phi) is 8.78. The first-order chi connectivity index (χ1) is 17.5. The molecule has 0 unspecified atom stereocenters. The van der Waals surface area contributed by atoms with Gasteiger partial charge in [0.2, 0.25) is 0 Å². The quantitative estimate of drug-likeness (QED) is 0.193. The molecule has 0 radical (unpaired) electrons. The summed E-state index contributed by atoms with van der Waals surface area (Å²) < 4.78 is 14.0. The molecule has 0 aliphatic carbocycles. The molecule has 186 valence electrons. The van der Waals surface area contributed by atoms with Gasteiger partial charge in [-0.25, -0.2) is 4.98 Å². The molecule has 0 saturated heterocycles. The molecule has 1 aromatic heterocycles. The van der Waals surface area contributed by atoms with Crippen LogP contribution in [0.3, 0.4) is 0 Å². The van der Waals surface area contributed by atoms with Crippen molar-refractivity contribution >= 4 is 44.6 Å². The Hall–Kier alpha value is -3.16. The highest BCUT2D eigenvalue weighted by molar-refractivity contribution is 9.10. The van der Waals surface area contributed by atoms with Crippen LogP contribution in [-0.4, -0.2) is 22.5 Å². The maximum atomic E-state index is 13.3. The van der Waals surface area contributed by atoms with Crippen LogP contribution in [0.25, 0.3) is 10.9 Å². The Morgan fingerprint density at radius 1 is 1.08 bits per heavy atom. The number of nitrogens with zero attached hydrogens (tertiary/aromatic N) is 3. The van der Waals surface area contributed by atoms with Crippen molar-refractivity contribution in [2.75, 3.05) is 6.61 Å². The Bertz CT molecular complexity index is 1440. The monoisotopic (exact) mass is 567 g/mol. The van der Waals surface area contributed by atoms with Gasteiger partial charge in [0.15, 0.2) is 11.5 Å². The third-order valence-electron chi connectivity index (χ3n) is 5.51. The van der Waals surface area contributed by atoms with E-state index >= 15 is 0 Å². The maximum Gasteiger partial charge on any atom is 0.282 e. The molecule has 36 heavy (non-hydrogen) atoms. The van der Waals surface area contributed by atoms with Gasteiger partial charge in [0.1, 0.15) is 12.4 Å². The second-order valence-corrected chi connectivity index (χ2v) is 9.51. The standard InChI is InChI=1S/C28H27BrClN3O3/c1-3-5-11-26-32-24-13-12-21(29)16-22(24)28(34)33(26)31-17-20-14-23(30)27(25(15-20)35-4-2)36-18-19-9-7-6-8-10-19/h6-10,12-17H,3-5,11,18H2,1-2H3. The maximum absolute atomic E-state index is 13.3. The minimum atomic E-state index is -0.220.